The van der Waals surface area contributed by atoms with Gasteiger partial charge in [0, 0.05) is 10.5 Å². The van der Waals surface area contributed by atoms with Gasteiger partial charge in [-0.3, -0.25) is 5.41 Å². The van der Waals surface area contributed by atoms with Crippen LogP contribution < -0.4 is 5.73 Å². The predicted molar refractivity (Wildman–Crippen MR) is 66.2 cm³/mol. The Morgan fingerprint density at radius 2 is 2.31 bits per heavy atom. The van der Waals surface area contributed by atoms with Crippen LogP contribution in [-0.4, -0.2) is 16.0 Å². The number of hydrogen-bond acceptors (Lipinski definition) is 5. The van der Waals surface area contributed by atoms with Crippen LogP contribution in [0.3, 0.4) is 0 Å². The average Bonchev–Trinajstić information content (AvgIpc) is 2.73. The van der Waals surface area contributed by atoms with Crippen LogP contribution in [0.15, 0.2) is 32.9 Å². The van der Waals surface area contributed by atoms with Gasteiger partial charge in [-0.2, -0.15) is 0 Å². The van der Waals surface area contributed by atoms with Crippen LogP contribution in [0, 0.1) is 12.3 Å². The smallest absolute Gasteiger partial charge is 0.178 e. The Balaban J connectivity index is 2.42. The van der Waals surface area contributed by atoms with Crippen LogP contribution in [0.5, 0.6) is 0 Å². The number of nitrogens with one attached hydrogen (secondary N) is 1. The zero-order chi connectivity index (χ0) is 11.5. The summed E-state index contributed by atoms with van der Waals surface area (Å²) in [6.07, 6.45) is 0. The lowest BCUT2D eigenvalue weighted by Gasteiger charge is -2.08. The van der Waals surface area contributed by atoms with E-state index in [4.69, 9.17) is 11.1 Å². The van der Waals surface area contributed by atoms with Crippen molar-refractivity contribution in [3.05, 3.63) is 34.8 Å². The van der Waals surface area contributed by atoms with Crippen molar-refractivity contribution < 1.29 is 0 Å². The number of amidine groups is 1. The normalized spacial score (nSPS) is 10.3. The molecule has 0 saturated carbocycles. The monoisotopic (exact) mass is 250 g/mol. The van der Waals surface area contributed by atoms with Gasteiger partial charge in [-0.15, -0.1) is 10.2 Å². The van der Waals surface area contributed by atoms with E-state index in [1.165, 1.54) is 23.1 Å². The third kappa shape index (κ3) is 2.23. The molecule has 1 aromatic heterocycles. The SMILES string of the molecule is Cc1cccc(C(=N)N)c1Sc1nncs1. The number of benzene rings is 1. The molecule has 3 N–H and O–H groups in total. The van der Waals surface area contributed by atoms with Gasteiger partial charge in [-0.05, 0) is 12.5 Å². The summed E-state index contributed by atoms with van der Waals surface area (Å²) in [4.78, 5) is 0.978. The molecule has 0 aliphatic heterocycles. The Bertz CT molecular complexity index is 508. The summed E-state index contributed by atoms with van der Waals surface area (Å²) in [5.41, 5.74) is 9.08. The Kier molecular flexibility index (Phi) is 3.21. The molecule has 0 unspecified atom stereocenters. The number of rotatable bonds is 3. The standard InChI is InChI=1S/C10H10N4S2/c1-6-3-2-4-7(9(11)12)8(6)16-10-14-13-5-15-10/h2-5H,1H3,(H3,11,12). The molecule has 82 valence electrons. The average molecular weight is 250 g/mol. The maximum Gasteiger partial charge on any atom is 0.178 e. The first-order chi connectivity index (χ1) is 7.68. The van der Waals surface area contributed by atoms with Gasteiger partial charge < -0.3 is 5.73 Å². The van der Waals surface area contributed by atoms with E-state index < -0.39 is 0 Å². The van der Waals surface area contributed by atoms with Gasteiger partial charge in [0.15, 0.2) is 4.34 Å². The van der Waals surface area contributed by atoms with Crippen molar-refractivity contribution in [2.24, 2.45) is 5.73 Å². The minimum Gasteiger partial charge on any atom is -0.384 e. The van der Waals surface area contributed by atoms with Crippen LogP contribution in [0.4, 0.5) is 0 Å². The number of nitrogens with zero attached hydrogens (tertiary/aromatic N) is 2. The van der Waals surface area contributed by atoms with Gasteiger partial charge in [-0.25, -0.2) is 0 Å². The quantitative estimate of drug-likeness (QED) is 0.647. The van der Waals surface area contributed by atoms with Crippen LogP contribution in [0.25, 0.3) is 0 Å². The van der Waals surface area contributed by atoms with Crippen LogP contribution in [0.1, 0.15) is 11.1 Å². The molecule has 0 spiro atoms. The molecule has 0 atom stereocenters. The maximum atomic E-state index is 7.53. The van der Waals surface area contributed by atoms with Crippen molar-refractivity contribution in [2.45, 2.75) is 16.2 Å². The Hall–Kier alpha value is -1.40. The van der Waals surface area contributed by atoms with Gasteiger partial charge >= 0.3 is 0 Å². The fourth-order valence-corrected chi connectivity index (χ4v) is 2.92. The van der Waals surface area contributed by atoms with Crippen molar-refractivity contribution in [2.75, 3.05) is 0 Å². The summed E-state index contributed by atoms with van der Waals surface area (Å²) in [7, 11) is 0. The van der Waals surface area contributed by atoms with Crippen LogP contribution in [0.2, 0.25) is 0 Å². The number of nitrogens with two attached hydrogens (primary N) is 1. The van der Waals surface area contributed by atoms with E-state index in [2.05, 4.69) is 10.2 Å². The van der Waals surface area contributed by atoms with E-state index in [1.54, 1.807) is 5.51 Å². The molecule has 4 nitrogen and oxygen atoms in total. The molecule has 2 rings (SSSR count). The number of nitrogen functional groups attached to an aromatic ring is 1. The maximum absolute atomic E-state index is 7.53. The van der Waals surface area contributed by atoms with Crippen molar-refractivity contribution in [1.82, 2.24) is 10.2 Å². The summed E-state index contributed by atoms with van der Waals surface area (Å²) in [6.45, 7) is 2.00. The highest BCUT2D eigenvalue weighted by atomic mass is 32.2. The molecule has 6 heteroatoms. The van der Waals surface area contributed by atoms with Gasteiger partial charge in [-0.1, -0.05) is 41.3 Å². The lowest BCUT2D eigenvalue weighted by atomic mass is 10.1. The van der Waals surface area contributed by atoms with Gasteiger partial charge in [0.2, 0.25) is 0 Å². The van der Waals surface area contributed by atoms with Crippen molar-refractivity contribution in [3.63, 3.8) is 0 Å². The fraction of sp³-hybridized carbons (Fsp3) is 0.100. The van der Waals surface area contributed by atoms with Crippen LogP contribution in [-0.2, 0) is 0 Å². The minimum atomic E-state index is 0.0794. The first-order valence-electron chi connectivity index (χ1n) is 4.56. The summed E-state index contributed by atoms with van der Waals surface area (Å²) in [5, 5.41) is 15.3. The summed E-state index contributed by atoms with van der Waals surface area (Å²) in [6, 6.07) is 5.74. The second-order valence-corrected chi connectivity index (χ2v) is 5.26. The second kappa shape index (κ2) is 4.63. The van der Waals surface area contributed by atoms with E-state index >= 15 is 0 Å². The predicted octanol–water partition coefficient (Wildman–Crippen LogP) is 2.28. The number of hydrogen-bond donors (Lipinski definition) is 2. The molecule has 0 radical (unpaired) electrons. The first-order valence-corrected chi connectivity index (χ1v) is 6.26. The van der Waals surface area contributed by atoms with Gasteiger partial charge in [0.05, 0.1) is 0 Å². The van der Waals surface area contributed by atoms with Crippen molar-refractivity contribution in [3.8, 4) is 0 Å². The largest absolute Gasteiger partial charge is 0.384 e. The highest BCUT2D eigenvalue weighted by Gasteiger charge is 2.11. The zero-order valence-corrected chi connectivity index (χ0v) is 10.2. The molecule has 0 fully saturated rings. The minimum absolute atomic E-state index is 0.0794. The zero-order valence-electron chi connectivity index (χ0n) is 8.60. The highest BCUT2D eigenvalue weighted by molar-refractivity contribution is 8.01. The van der Waals surface area contributed by atoms with E-state index in [-0.39, 0.29) is 5.84 Å². The third-order valence-electron chi connectivity index (χ3n) is 2.03. The molecule has 0 saturated heterocycles. The first kappa shape index (κ1) is 11.1. The molecule has 0 bridgehead atoms. The summed E-state index contributed by atoms with van der Waals surface area (Å²) in [5.74, 6) is 0.0794. The number of aromatic nitrogens is 2. The Morgan fingerprint density at radius 1 is 1.50 bits per heavy atom. The number of aryl methyl sites for hydroxylation is 1. The molecule has 2 aromatic rings. The molecule has 0 aliphatic carbocycles. The molecular weight excluding hydrogens is 240 g/mol. The lowest BCUT2D eigenvalue weighted by Crippen LogP contribution is -2.12. The Labute approximate surface area is 101 Å². The van der Waals surface area contributed by atoms with Gasteiger partial charge in [0.25, 0.3) is 0 Å². The second-order valence-electron chi connectivity index (χ2n) is 3.17. The summed E-state index contributed by atoms with van der Waals surface area (Å²) >= 11 is 2.98. The highest BCUT2D eigenvalue weighted by Crippen LogP contribution is 2.33. The van der Waals surface area contributed by atoms with E-state index in [0.29, 0.717) is 0 Å². The lowest BCUT2D eigenvalue weighted by molar-refractivity contribution is 1.01. The molecule has 1 aromatic carbocycles. The molecular formula is C10H10N4S2. The van der Waals surface area contributed by atoms with Gasteiger partial charge in [0.1, 0.15) is 11.3 Å². The molecule has 1 heterocycles. The van der Waals surface area contributed by atoms with Crippen molar-refractivity contribution in [1.29, 1.82) is 5.41 Å². The van der Waals surface area contributed by atoms with E-state index in [0.717, 1.165) is 20.4 Å². The molecule has 0 amide bonds. The summed E-state index contributed by atoms with van der Waals surface area (Å²) < 4.78 is 0.858. The fourth-order valence-electron chi connectivity index (χ4n) is 1.29. The van der Waals surface area contributed by atoms with E-state index in [9.17, 15) is 0 Å². The Morgan fingerprint density at radius 3 is 2.94 bits per heavy atom. The third-order valence-corrected chi connectivity index (χ3v) is 4.06. The van der Waals surface area contributed by atoms with Crippen LogP contribution >= 0.6 is 23.1 Å². The van der Waals surface area contributed by atoms with Crippen molar-refractivity contribution >= 4 is 28.9 Å². The molecule has 0 aliphatic rings. The molecule has 16 heavy (non-hydrogen) atoms. The topological polar surface area (TPSA) is 75.7 Å². The van der Waals surface area contributed by atoms with E-state index in [1.807, 2.05) is 25.1 Å².